The normalized spacial score (nSPS) is 21.5. The summed E-state index contributed by atoms with van der Waals surface area (Å²) in [6, 6.07) is 10.7. The SMILES string of the molecule is CC1=C(C)C(C)C(c2ccccc2)=C1C. The topological polar surface area (TPSA) is 0 Å². The molecule has 0 amide bonds. The molecular weight excluding hydrogens is 180 g/mol. The molecule has 0 aliphatic heterocycles. The third-order valence-corrected chi connectivity index (χ3v) is 3.73. The van der Waals surface area contributed by atoms with E-state index in [0.717, 1.165) is 0 Å². The molecule has 0 saturated carbocycles. The zero-order valence-corrected chi connectivity index (χ0v) is 9.96. The van der Waals surface area contributed by atoms with Crippen LogP contribution in [0.2, 0.25) is 0 Å². The predicted molar refractivity (Wildman–Crippen MR) is 66.6 cm³/mol. The minimum Gasteiger partial charge on any atom is -0.0629 e. The Morgan fingerprint density at radius 3 is 1.93 bits per heavy atom. The van der Waals surface area contributed by atoms with Crippen LogP contribution >= 0.6 is 0 Å². The van der Waals surface area contributed by atoms with Gasteiger partial charge in [0.15, 0.2) is 0 Å². The summed E-state index contributed by atoms with van der Waals surface area (Å²) in [5, 5.41) is 0. The molecule has 15 heavy (non-hydrogen) atoms. The molecule has 1 aliphatic carbocycles. The lowest BCUT2D eigenvalue weighted by Crippen LogP contribution is -1.96. The number of benzene rings is 1. The smallest absolute Gasteiger partial charge is 0.00315 e. The second kappa shape index (κ2) is 3.69. The number of allylic oxidation sites excluding steroid dienone is 4. The van der Waals surface area contributed by atoms with Crippen molar-refractivity contribution in [3.05, 3.63) is 52.6 Å². The van der Waals surface area contributed by atoms with Gasteiger partial charge in [0.2, 0.25) is 0 Å². The highest BCUT2D eigenvalue weighted by Crippen LogP contribution is 2.41. The lowest BCUT2D eigenvalue weighted by Gasteiger charge is -2.12. The van der Waals surface area contributed by atoms with E-state index in [2.05, 4.69) is 58.0 Å². The molecule has 0 N–H and O–H groups in total. The molecule has 0 heterocycles. The maximum absolute atomic E-state index is 2.30. The minimum atomic E-state index is 0.576. The van der Waals surface area contributed by atoms with Crippen LogP contribution in [0.5, 0.6) is 0 Å². The summed E-state index contributed by atoms with van der Waals surface area (Å²) in [6.45, 7) is 9.03. The van der Waals surface area contributed by atoms with Gasteiger partial charge in [0, 0.05) is 5.92 Å². The fraction of sp³-hybridized carbons (Fsp3) is 0.333. The third-order valence-electron chi connectivity index (χ3n) is 3.73. The van der Waals surface area contributed by atoms with Crippen LogP contribution in [-0.2, 0) is 0 Å². The van der Waals surface area contributed by atoms with Crippen molar-refractivity contribution in [1.82, 2.24) is 0 Å². The Labute approximate surface area is 92.3 Å². The van der Waals surface area contributed by atoms with Gasteiger partial charge in [-0.25, -0.2) is 0 Å². The molecule has 2 rings (SSSR count). The molecular formula is C15H18. The molecule has 0 heteroatoms. The Hall–Kier alpha value is -1.30. The van der Waals surface area contributed by atoms with Gasteiger partial charge >= 0.3 is 0 Å². The van der Waals surface area contributed by atoms with Crippen LogP contribution in [0.1, 0.15) is 33.3 Å². The fourth-order valence-corrected chi connectivity index (χ4v) is 2.45. The van der Waals surface area contributed by atoms with Crippen LogP contribution in [0.4, 0.5) is 0 Å². The predicted octanol–water partition coefficient (Wildman–Crippen LogP) is 4.45. The molecule has 0 bridgehead atoms. The molecule has 0 saturated heterocycles. The Bertz CT molecular complexity index is 432. The number of rotatable bonds is 1. The maximum atomic E-state index is 2.30. The van der Waals surface area contributed by atoms with Crippen LogP contribution in [0.25, 0.3) is 5.57 Å². The van der Waals surface area contributed by atoms with Crippen molar-refractivity contribution in [3.8, 4) is 0 Å². The molecule has 1 unspecified atom stereocenters. The first-order valence-electron chi connectivity index (χ1n) is 5.57. The van der Waals surface area contributed by atoms with Gasteiger partial charge in [-0.2, -0.15) is 0 Å². The lowest BCUT2D eigenvalue weighted by atomic mass is 9.92. The standard InChI is InChI=1S/C15H18/c1-10-11(2)13(4)15(12(10)3)14-8-6-5-7-9-14/h5-9,12H,1-4H3. The Kier molecular flexibility index (Phi) is 2.52. The van der Waals surface area contributed by atoms with E-state index in [0.29, 0.717) is 5.92 Å². The molecule has 0 fully saturated rings. The van der Waals surface area contributed by atoms with Gasteiger partial charge in [0.25, 0.3) is 0 Å². The highest BCUT2D eigenvalue weighted by atomic mass is 14.3. The quantitative estimate of drug-likeness (QED) is 0.625. The summed E-state index contributed by atoms with van der Waals surface area (Å²) in [7, 11) is 0. The molecule has 1 aromatic carbocycles. The minimum absolute atomic E-state index is 0.576. The number of hydrogen-bond donors (Lipinski definition) is 0. The van der Waals surface area contributed by atoms with Crippen LogP contribution < -0.4 is 0 Å². The van der Waals surface area contributed by atoms with Crippen molar-refractivity contribution in [1.29, 1.82) is 0 Å². The van der Waals surface area contributed by atoms with Gasteiger partial charge in [-0.15, -0.1) is 0 Å². The van der Waals surface area contributed by atoms with Crippen LogP contribution in [0.15, 0.2) is 47.1 Å². The summed E-state index contributed by atoms with van der Waals surface area (Å²) in [6.07, 6.45) is 0. The molecule has 1 atom stereocenters. The molecule has 0 spiro atoms. The van der Waals surface area contributed by atoms with Crippen LogP contribution in [0.3, 0.4) is 0 Å². The van der Waals surface area contributed by atoms with Gasteiger partial charge in [-0.1, -0.05) is 42.8 Å². The Balaban J connectivity index is 2.50. The van der Waals surface area contributed by atoms with Crippen LogP contribution in [0, 0.1) is 5.92 Å². The van der Waals surface area contributed by atoms with Crippen molar-refractivity contribution < 1.29 is 0 Å². The van der Waals surface area contributed by atoms with Gasteiger partial charge in [-0.3, -0.25) is 0 Å². The van der Waals surface area contributed by atoms with E-state index in [1.165, 1.54) is 27.9 Å². The van der Waals surface area contributed by atoms with Crippen molar-refractivity contribution in [2.24, 2.45) is 5.92 Å². The monoisotopic (exact) mass is 198 g/mol. The molecule has 0 aromatic heterocycles. The molecule has 0 radical (unpaired) electrons. The van der Waals surface area contributed by atoms with Crippen molar-refractivity contribution >= 4 is 5.57 Å². The lowest BCUT2D eigenvalue weighted by molar-refractivity contribution is 0.895. The zero-order chi connectivity index (χ0) is 11.0. The second-order valence-corrected chi connectivity index (χ2v) is 4.43. The van der Waals surface area contributed by atoms with Crippen molar-refractivity contribution in [3.63, 3.8) is 0 Å². The average molecular weight is 198 g/mol. The first-order chi connectivity index (χ1) is 7.13. The maximum Gasteiger partial charge on any atom is 0.00315 e. The Morgan fingerprint density at radius 2 is 1.47 bits per heavy atom. The van der Waals surface area contributed by atoms with Gasteiger partial charge < -0.3 is 0 Å². The third kappa shape index (κ3) is 1.54. The van der Waals surface area contributed by atoms with Gasteiger partial charge in [0.05, 0.1) is 0 Å². The summed E-state index contributed by atoms with van der Waals surface area (Å²) >= 11 is 0. The zero-order valence-electron chi connectivity index (χ0n) is 9.96. The first kappa shape index (κ1) is 10.2. The molecule has 78 valence electrons. The largest absolute Gasteiger partial charge is 0.0629 e. The van der Waals surface area contributed by atoms with E-state index in [1.54, 1.807) is 0 Å². The summed E-state index contributed by atoms with van der Waals surface area (Å²) in [5.74, 6) is 0.576. The van der Waals surface area contributed by atoms with Gasteiger partial charge in [-0.05, 0) is 43.1 Å². The Morgan fingerprint density at radius 1 is 0.867 bits per heavy atom. The highest BCUT2D eigenvalue weighted by molar-refractivity contribution is 5.79. The van der Waals surface area contributed by atoms with Crippen LogP contribution in [-0.4, -0.2) is 0 Å². The van der Waals surface area contributed by atoms with Crippen molar-refractivity contribution in [2.75, 3.05) is 0 Å². The average Bonchev–Trinajstić information content (AvgIpc) is 2.45. The van der Waals surface area contributed by atoms with E-state index in [1.807, 2.05) is 0 Å². The van der Waals surface area contributed by atoms with E-state index >= 15 is 0 Å². The van der Waals surface area contributed by atoms with Gasteiger partial charge in [0.1, 0.15) is 0 Å². The van der Waals surface area contributed by atoms with Crippen molar-refractivity contribution in [2.45, 2.75) is 27.7 Å². The fourth-order valence-electron chi connectivity index (χ4n) is 2.45. The van der Waals surface area contributed by atoms with E-state index < -0.39 is 0 Å². The second-order valence-electron chi connectivity index (χ2n) is 4.43. The molecule has 1 aliphatic rings. The number of hydrogen-bond acceptors (Lipinski definition) is 0. The highest BCUT2D eigenvalue weighted by Gasteiger charge is 2.23. The van der Waals surface area contributed by atoms with E-state index in [4.69, 9.17) is 0 Å². The summed E-state index contributed by atoms with van der Waals surface area (Å²) in [5.41, 5.74) is 7.34. The molecule has 1 aromatic rings. The summed E-state index contributed by atoms with van der Waals surface area (Å²) < 4.78 is 0. The summed E-state index contributed by atoms with van der Waals surface area (Å²) in [4.78, 5) is 0. The first-order valence-corrected chi connectivity index (χ1v) is 5.57. The van der Waals surface area contributed by atoms with E-state index in [9.17, 15) is 0 Å². The molecule has 0 nitrogen and oxygen atoms in total. The van der Waals surface area contributed by atoms with E-state index in [-0.39, 0.29) is 0 Å².